The summed E-state index contributed by atoms with van der Waals surface area (Å²) < 4.78 is 4.67. The number of carboxylic acid groups (broad SMARTS) is 1. The molecule has 0 bridgehead atoms. The lowest BCUT2D eigenvalue weighted by molar-refractivity contribution is -0.136. The van der Waals surface area contributed by atoms with E-state index in [9.17, 15) is 9.59 Å². The van der Waals surface area contributed by atoms with Crippen LogP contribution in [-0.4, -0.2) is 28.7 Å². The van der Waals surface area contributed by atoms with Gasteiger partial charge in [0.1, 0.15) is 0 Å². The minimum absolute atomic E-state index is 0.0773. The number of carbonyl (C=O) groups is 2. The molecule has 0 saturated heterocycles. The molecule has 0 radical (unpaired) electrons. The van der Waals surface area contributed by atoms with Gasteiger partial charge < -0.3 is 14.9 Å². The van der Waals surface area contributed by atoms with Crippen molar-refractivity contribution in [2.75, 3.05) is 6.54 Å². The first-order valence-electron chi connectivity index (χ1n) is 4.03. The van der Waals surface area contributed by atoms with Crippen molar-refractivity contribution in [3.8, 4) is 0 Å². The molecule has 0 saturated carbocycles. The van der Waals surface area contributed by atoms with Crippen LogP contribution in [0.15, 0.2) is 10.6 Å². The molecule has 1 aromatic rings. The average Bonchev–Trinajstić information content (AvgIpc) is 2.51. The van der Waals surface area contributed by atoms with Gasteiger partial charge in [-0.2, -0.15) is 0 Å². The van der Waals surface area contributed by atoms with E-state index in [-0.39, 0.29) is 18.7 Å². The molecule has 2 N–H and O–H groups in total. The Hall–Kier alpha value is -1.85. The molecule has 1 amide bonds. The zero-order chi connectivity index (χ0) is 10.6. The van der Waals surface area contributed by atoms with Gasteiger partial charge in [-0.05, 0) is 6.92 Å². The molecule has 6 heteroatoms. The maximum atomic E-state index is 11.2. The summed E-state index contributed by atoms with van der Waals surface area (Å²) in [6, 6.07) is 1.48. The lowest BCUT2D eigenvalue weighted by Crippen LogP contribution is -2.25. The Labute approximate surface area is 79.9 Å². The van der Waals surface area contributed by atoms with E-state index in [2.05, 4.69) is 15.0 Å². The molecule has 0 aliphatic heterocycles. The second kappa shape index (κ2) is 4.40. The van der Waals surface area contributed by atoms with Gasteiger partial charge in [-0.25, -0.2) is 0 Å². The van der Waals surface area contributed by atoms with Crippen LogP contribution in [0.4, 0.5) is 0 Å². The molecule has 0 aliphatic rings. The molecule has 0 aromatic carbocycles. The first-order valence-corrected chi connectivity index (χ1v) is 4.03. The summed E-state index contributed by atoms with van der Waals surface area (Å²) in [5, 5.41) is 14.2. The summed E-state index contributed by atoms with van der Waals surface area (Å²) in [7, 11) is 0. The number of hydrogen-bond donors (Lipinski definition) is 2. The van der Waals surface area contributed by atoms with Gasteiger partial charge in [0.2, 0.25) is 5.76 Å². The van der Waals surface area contributed by atoms with Crippen LogP contribution in [0.3, 0.4) is 0 Å². The minimum Gasteiger partial charge on any atom is -0.481 e. The fraction of sp³-hybridized carbons (Fsp3) is 0.375. The van der Waals surface area contributed by atoms with Crippen LogP contribution in [-0.2, 0) is 4.79 Å². The number of aliphatic carboxylic acids is 1. The molecule has 0 aliphatic carbocycles. The molecular formula is C8H10N2O4. The monoisotopic (exact) mass is 198 g/mol. The summed E-state index contributed by atoms with van der Waals surface area (Å²) in [6.07, 6.45) is -0.112. The maximum Gasteiger partial charge on any atom is 0.305 e. The van der Waals surface area contributed by atoms with E-state index in [1.807, 2.05) is 0 Å². The van der Waals surface area contributed by atoms with E-state index in [0.29, 0.717) is 5.69 Å². The van der Waals surface area contributed by atoms with Crippen LogP contribution < -0.4 is 5.32 Å². The zero-order valence-corrected chi connectivity index (χ0v) is 7.61. The number of aromatic nitrogens is 1. The van der Waals surface area contributed by atoms with Crippen LogP contribution in [0.2, 0.25) is 0 Å². The predicted octanol–water partition coefficient (Wildman–Crippen LogP) is 0.188. The standard InChI is InChI=1S/C8H10N2O4/c1-5-4-6(14-10-5)8(13)9-3-2-7(11)12/h4H,2-3H2,1H3,(H,9,13)(H,11,12). The molecule has 0 unspecified atom stereocenters. The number of nitrogens with zero attached hydrogens (tertiary/aromatic N) is 1. The van der Waals surface area contributed by atoms with Crippen LogP contribution in [0.1, 0.15) is 22.7 Å². The Morgan fingerprint density at radius 3 is 2.86 bits per heavy atom. The largest absolute Gasteiger partial charge is 0.481 e. The minimum atomic E-state index is -0.959. The third-order valence-corrected chi connectivity index (χ3v) is 1.48. The molecule has 1 rings (SSSR count). The molecule has 1 heterocycles. The highest BCUT2D eigenvalue weighted by molar-refractivity contribution is 5.91. The fourth-order valence-corrected chi connectivity index (χ4v) is 0.841. The number of carboxylic acids is 1. The van der Waals surface area contributed by atoms with E-state index < -0.39 is 11.9 Å². The predicted molar refractivity (Wildman–Crippen MR) is 45.8 cm³/mol. The molecule has 0 atom stereocenters. The van der Waals surface area contributed by atoms with Crippen molar-refractivity contribution in [1.29, 1.82) is 0 Å². The summed E-state index contributed by atoms with van der Waals surface area (Å²) >= 11 is 0. The Morgan fingerprint density at radius 1 is 1.64 bits per heavy atom. The number of nitrogens with one attached hydrogen (secondary N) is 1. The summed E-state index contributed by atoms with van der Waals surface area (Å²) in [5.41, 5.74) is 0.605. The van der Waals surface area contributed by atoms with Gasteiger partial charge in [0.25, 0.3) is 5.91 Å². The summed E-state index contributed by atoms with van der Waals surface area (Å²) in [6.45, 7) is 1.77. The number of rotatable bonds is 4. The van der Waals surface area contributed by atoms with Crippen molar-refractivity contribution in [2.45, 2.75) is 13.3 Å². The van der Waals surface area contributed by atoms with E-state index in [1.165, 1.54) is 6.07 Å². The van der Waals surface area contributed by atoms with Crippen molar-refractivity contribution in [1.82, 2.24) is 10.5 Å². The average molecular weight is 198 g/mol. The SMILES string of the molecule is Cc1cc(C(=O)NCCC(=O)O)on1. The molecule has 6 nitrogen and oxygen atoms in total. The zero-order valence-electron chi connectivity index (χ0n) is 7.61. The lowest BCUT2D eigenvalue weighted by Gasteiger charge is -1.98. The Kier molecular flexibility index (Phi) is 3.22. The number of aryl methyl sites for hydroxylation is 1. The lowest BCUT2D eigenvalue weighted by atomic mass is 10.3. The quantitative estimate of drug-likeness (QED) is 0.720. The number of hydrogen-bond acceptors (Lipinski definition) is 4. The second-order valence-electron chi connectivity index (χ2n) is 2.73. The number of amides is 1. The molecule has 76 valence electrons. The highest BCUT2D eigenvalue weighted by atomic mass is 16.5. The van der Waals surface area contributed by atoms with Crippen LogP contribution in [0, 0.1) is 6.92 Å². The fourth-order valence-electron chi connectivity index (χ4n) is 0.841. The van der Waals surface area contributed by atoms with Gasteiger partial charge in [-0.15, -0.1) is 0 Å². The van der Waals surface area contributed by atoms with Gasteiger partial charge in [-0.3, -0.25) is 9.59 Å². The van der Waals surface area contributed by atoms with Crippen molar-refractivity contribution in [2.24, 2.45) is 0 Å². The summed E-state index contributed by atoms with van der Waals surface area (Å²) in [5.74, 6) is -1.32. The first kappa shape index (κ1) is 10.2. The number of carbonyl (C=O) groups excluding carboxylic acids is 1. The topological polar surface area (TPSA) is 92.4 Å². The molecule has 0 fully saturated rings. The molecule has 1 aromatic heterocycles. The Bertz CT molecular complexity index is 345. The smallest absolute Gasteiger partial charge is 0.305 e. The van der Waals surface area contributed by atoms with Crippen LogP contribution in [0.25, 0.3) is 0 Å². The van der Waals surface area contributed by atoms with E-state index in [1.54, 1.807) is 6.92 Å². The van der Waals surface area contributed by atoms with Crippen LogP contribution >= 0.6 is 0 Å². The first-order chi connectivity index (χ1) is 6.59. The third kappa shape index (κ3) is 2.89. The van der Waals surface area contributed by atoms with Crippen molar-refractivity contribution >= 4 is 11.9 Å². The molecular weight excluding hydrogens is 188 g/mol. The maximum absolute atomic E-state index is 11.2. The van der Waals surface area contributed by atoms with E-state index in [4.69, 9.17) is 5.11 Å². The molecule has 0 spiro atoms. The third-order valence-electron chi connectivity index (χ3n) is 1.48. The van der Waals surface area contributed by atoms with E-state index >= 15 is 0 Å². The summed E-state index contributed by atoms with van der Waals surface area (Å²) in [4.78, 5) is 21.3. The van der Waals surface area contributed by atoms with Gasteiger partial charge in [0.05, 0.1) is 12.1 Å². The normalized spacial score (nSPS) is 9.79. The highest BCUT2D eigenvalue weighted by Gasteiger charge is 2.10. The van der Waals surface area contributed by atoms with Crippen molar-refractivity contribution in [3.63, 3.8) is 0 Å². The molecule has 14 heavy (non-hydrogen) atoms. The second-order valence-corrected chi connectivity index (χ2v) is 2.73. The highest BCUT2D eigenvalue weighted by Crippen LogP contribution is 2.01. The Morgan fingerprint density at radius 2 is 2.36 bits per heavy atom. The van der Waals surface area contributed by atoms with Gasteiger partial charge >= 0.3 is 5.97 Å². The van der Waals surface area contributed by atoms with E-state index in [0.717, 1.165) is 0 Å². The van der Waals surface area contributed by atoms with Crippen LogP contribution in [0.5, 0.6) is 0 Å². The van der Waals surface area contributed by atoms with Gasteiger partial charge in [0.15, 0.2) is 0 Å². The van der Waals surface area contributed by atoms with Gasteiger partial charge in [0, 0.05) is 12.6 Å². The van der Waals surface area contributed by atoms with Crippen molar-refractivity contribution in [3.05, 3.63) is 17.5 Å². The van der Waals surface area contributed by atoms with Gasteiger partial charge in [-0.1, -0.05) is 5.16 Å². The van der Waals surface area contributed by atoms with Crippen molar-refractivity contribution < 1.29 is 19.2 Å². The Balaban J connectivity index is 2.39.